The van der Waals surface area contributed by atoms with Gasteiger partial charge in [0.25, 0.3) is 11.8 Å². The minimum atomic E-state index is -0.262. The maximum atomic E-state index is 13.0. The number of carbonyl (C=O) groups is 2. The Morgan fingerprint density at radius 2 is 1.65 bits per heavy atom. The van der Waals surface area contributed by atoms with Crippen molar-refractivity contribution in [1.82, 2.24) is 19.8 Å². The van der Waals surface area contributed by atoms with Crippen LogP contribution in [-0.4, -0.2) is 40.1 Å². The SMILES string of the molecule is Cn1c(=O)n(Cc2ccc(C(=O)Nc3ccccc3N)cc2)c2ccc(C(=O)NC3CCNCC3)cc21. The largest absolute Gasteiger partial charge is 0.397 e. The first-order valence-corrected chi connectivity index (χ1v) is 12.4. The Morgan fingerprint density at radius 1 is 0.946 bits per heavy atom. The van der Waals surface area contributed by atoms with E-state index < -0.39 is 0 Å². The Balaban J connectivity index is 1.33. The van der Waals surface area contributed by atoms with Gasteiger partial charge in [-0.3, -0.25) is 18.7 Å². The number of aromatic nitrogens is 2. The van der Waals surface area contributed by atoms with Crippen LogP contribution in [0.5, 0.6) is 0 Å². The number of para-hydroxylation sites is 2. The van der Waals surface area contributed by atoms with Gasteiger partial charge < -0.3 is 21.7 Å². The molecule has 5 rings (SSSR count). The van der Waals surface area contributed by atoms with Crippen molar-refractivity contribution in [2.45, 2.75) is 25.4 Å². The summed E-state index contributed by atoms with van der Waals surface area (Å²) in [6, 6.07) is 19.7. The number of nitrogens with zero attached hydrogens (tertiary/aromatic N) is 2. The highest BCUT2D eigenvalue weighted by molar-refractivity contribution is 6.05. The normalized spacial score (nSPS) is 14.0. The molecule has 3 aromatic carbocycles. The average molecular weight is 499 g/mol. The second kappa shape index (κ2) is 10.3. The van der Waals surface area contributed by atoms with Crippen LogP contribution < -0.4 is 27.4 Å². The van der Waals surface area contributed by atoms with Gasteiger partial charge >= 0.3 is 5.69 Å². The molecule has 0 spiro atoms. The van der Waals surface area contributed by atoms with E-state index >= 15 is 0 Å². The van der Waals surface area contributed by atoms with Crippen LogP contribution in [0.2, 0.25) is 0 Å². The number of amides is 2. The summed E-state index contributed by atoms with van der Waals surface area (Å²) in [4.78, 5) is 38.5. The summed E-state index contributed by atoms with van der Waals surface area (Å²) in [5.41, 5.74) is 10.1. The first kappa shape index (κ1) is 24.3. The molecule has 0 saturated carbocycles. The Morgan fingerprint density at radius 3 is 2.38 bits per heavy atom. The molecule has 0 radical (unpaired) electrons. The smallest absolute Gasteiger partial charge is 0.329 e. The van der Waals surface area contributed by atoms with E-state index in [0.717, 1.165) is 37.0 Å². The zero-order chi connectivity index (χ0) is 25.9. The lowest BCUT2D eigenvalue weighted by Gasteiger charge is -2.23. The molecule has 0 unspecified atom stereocenters. The van der Waals surface area contributed by atoms with Gasteiger partial charge in [0.1, 0.15) is 0 Å². The zero-order valence-corrected chi connectivity index (χ0v) is 20.7. The van der Waals surface area contributed by atoms with Crippen molar-refractivity contribution in [2.75, 3.05) is 24.1 Å². The summed E-state index contributed by atoms with van der Waals surface area (Å²) in [7, 11) is 1.71. The first-order chi connectivity index (χ1) is 17.9. The molecule has 5 N–H and O–H groups in total. The van der Waals surface area contributed by atoms with Crippen LogP contribution in [0.1, 0.15) is 39.1 Å². The monoisotopic (exact) mass is 498 g/mol. The maximum Gasteiger partial charge on any atom is 0.329 e. The van der Waals surface area contributed by atoms with Gasteiger partial charge in [0.15, 0.2) is 0 Å². The summed E-state index contributed by atoms with van der Waals surface area (Å²) in [5.74, 6) is -0.387. The number of aryl methyl sites for hydroxylation is 1. The molecule has 4 aromatic rings. The second-order valence-corrected chi connectivity index (χ2v) is 9.37. The highest BCUT2D eigenvalue weighted by Crippen LogP contribution is 2.19. The minimum Gasteiger partial charge on any atom is -0.397 e. The van der Waals surface area contributed by atoms with Crippen molar-refractivity contribution in [3.8, 4) is 0 Å². The van der Waals surface area contributed by atoms with E-state index in [0.29, 0.717) is 34.6 Å². The third-order valence-corrected chi connectivity index (χ3v) is 6.85. The van der Waals surface area contributed by atoms with Crippen LogP contribution in [0, 0.1) is 0 Å². The molecule has 9 heteroatoms. The lowest BCUT2D eigenvalue weighted by Crippen LogP contribution is -2.42. The molecule has 2 amide bonds. The number of nitrogens with two attached hydrogens (primary N) is 1. The predicted octanol–water partition coefficient (Wildman–Crippen LogP) is 2.70. The maximum absolute atomic E-state index is 13.0. The van der Waals surface area contributed by atoms with E-state index in [1.54, 1.807) is 64.7 Å². The zero-order valence-electron chi connectivity index (χ0n) is 20.7. The molecular weight excluding hydrogens is 468 g/mol. The quantitative estimate of drug-likeness (QED) is 0.305. The van der Waals surface area contributed by atoms with Crippen molar-refractivity contribution in [3.63, 3.8) is 0 Å². The molecule has 37 heavy (non-hydrogen) atoms. The molecule has 1 aliphatic rings. The van der Waals surface area contributed by atoms with Gasteiger partial charge in [0.2, 0.25) is 0 Å². The lowest BCUT2D eigenvalue weighted by atomic mass is 10.1. The van der Waals surface area contributed by atoms with Gasteiger partial charge in [0, 0.05) is 24.2 Å². The van der Waals surface area contributed by atoms with Gasteiger partial charge in [0.05, 0.1) is 29.0 Å². The Labute approximate surface area is 214 Å². The number of piperidine rings is 1. The van der Waals surface area contributed by atoms with Crippen LogP contribution in [-0.2, 0) is 13.6 Å². The minimum absolute atomic E-state index is 0.125. The molecule has 1 saturated heterocycles. The van der Waals surface area contributed by atoms with E-state index in [2.05, 4.69) is 16.0 Å². The molecule has 190 valence electrons. The Kier molecular flexibility index (Phi) is 6.78. The van der Waals surface area contributed by atoms with Crippen molar-refractivity contribution in [2.24, 2.45) is 7.05 Å². The van der Waals surface area contributed by atoms with Gasteiger partial charge in [-0.2, -0.15) is 0 Å². The fraction of sp³-hybridized carbons (Fsp3) is 0.250. The number of benzene rings is 3. The van der Waals surface area contributed by atoms with E-state index in [1.807, 2.05) is 18.2 Å². The van der Waals surface area contributed by atoms with Gasteiger partial charge in [-0.05, 0) is 74.0 Å². The number of nitrogen functional groups attached to an aromatic ring is 1. The molecule has 0 bridgehead atoms. The summed E-state index contributed by atoms with van der Waals surface area (Å²) < 4.78 is 3.23. The predicted molar refractivity (Wildman–Crippen MR) is 145 cm³/mol. The topological polar surface area (TPSA) is 123 Å². The van der Waals surface area contributed by atoms with Crippen molar-refractivity contribution < 1.29 is 9.59 Å². The van der Waals surface area contributed by atoms with Crippen LogP contribution >= 0.6 is 0 Å². The van der Waals surface area contributed by atoms with Crippen LogP contribution in [0.25, 0.3) is 11.0 Å². The van der Waals surface area contributed by atoms with E-state index in [4.69, 9.17) is 5.73 Å². The van der Waals surface area contributed by atoms with Crippen LogP contribution in [0.3, 0.4) is 0 Å². The summed E-state index contributed by atoms with van der Waals surface area (Å²) in [6.07, 6.45) is 1.81. The molecule has 2 heterocycles. The number of fused-ring (bicyclic) bond motifs is 1. The molecule has 1 fully saturated rings. The third-order valence-electron chi connectivity index (χ3n) is 6.85. The Bertz CT molecular complexity index is 1510. The van der Waals surface area contributed by atoms with Gasteiger partial charge in [-0.25, -0.2) is 4.79 Å². The van der Waals surface area contributed by atoms with E-state index in [-0.39, 0.29) is 23.5 Å². The fourth-order valence-electron chi connectivity index (χ4n) is 4.69. The standard InChI is InChI=1S/C28H30N6O3/c1-33-25-16-20(27(36)31-21-12-14-30-15-13-21)10-11-24(25)34(28(33)37)17-18-6-8-19(9-7-18)26(35)32-23-5-3-2-4-22(23)29/h2-11,16,21,30H,12-15,17,29H2,1H3,(H,31,36)(H,32,35). The Hall–Kier alpha value is -4.37. The fourth-order valence-corrected chi connectivity index (χ4v) is 4.69. The molecular formula is C28H30N6O3. The molecule has 9 nitrogen and oxygen atoms in total. The number of nitrogens with one attached hydrogen (secondary N) is 3. The number of hydrogen-bond acceptors (Lipinski definition) is 5. The van der Waals surface area contributed by atoms with E-state index in [1.165, 1.54) is 0 Å². The van der Waals surface area contributed by atoms with Crippen molar-refractivity contribution in [3.05, 3.63) is 93.9 Å². The van der Waals surface area contributed by atoms with Gasteiger partial charge in [-0.1, -0.05) is 24.3 Å². The van der Waals surface area contributed by atoms with Crippen LogP contribution in [0.15, 0.2) is 71.5 Å². The molecule has 0 aliphatic carbocycles. The van der Waals surface area contributed by atoms with E-state index in [9.17, 15) is 14.4 Å². The summed E-state index contributed by atoms with van der Waals surface area (Å²) in [5, 5.41) is 9.21. The highest BCUT2D eigenvalue weighted by Gasteiger charge is 2.18. The lowest BCUT2D eigenvalue weighted by molar-refractivity contribution is 0.0929. The van der Waals surface area contributed by atoms with Crippen molar-refractivity contribution in [1.29, 1.82) is 0 Å². The molecule has 1 aliphatic heterocycles. The first-order valence-electron chi connectivity index (χ1n) is 12.4. The number of rotatable bonds is 6. The van der Waals surface area contributed by atoms with Gasteiger partial charge in [-0.15, -0.1) is 0 Å². The van der Waals surface area contributed by atoms with Crippen molar-refractivity contribution >= 4 is 34.2 Å². The number of hydrogen-bond donors (Lipinski definition) is 4. The summed E-state index contributed by atoms with van der Waals surface area (Å²) >= 11 is 0. The summed E-state index contributed by atoms with van der Waals surface area (Å²) in [6.45, 7) is 2.13. The average Bonchev–Trinajstić information content (AvgIpc) is 3.15. The number of anilines is 2. The highest BCUT2D eigenvalue weighted by atomic mass is 16.2. The molecule has 0 atom stereocenters. The molecule has 1 aromatic heterocycles. The second-order valence-electron chi connectivity index (χ2n) is 9.37. The number of imidazole rings is 1. The van der Waals surface area contributed by atoms with Crippen LogP contribution in [0.4, 0.5) is 11.4 Å². The number of carbonyl (C=O) groups excluding carboxylic acids is 2. The third kappa shape index (κ3) is 5.12.